The van der Waals surface area contributed by atoms with Crippen LogP contribution in [0.25, 0.3) is 22.2 Å². The van der Waals surface area contributed by atoms with Gasteiger partial charge < -0.3 is 19.8 Å². The number of ether oxygens (including phenoxy) is 1. The number of hydrogen-bond donors (Lipinski definition) is 2. The summed E-state index contributed by atoms with van der Waals surface area (Å²) < 4.78 is 48.6. The number of sulfone groups is 1. The monoisotopic (exact) mass is 654 g/mol. The summed E-state index contributed by atoms with van der Waals surface area (Å²) in [7, 11) is -3.01. The predicted molar refractivity (Wildman–Crippen MR) is 168 cm³/mol. The first-order valence-corrected chi connectivity index (χ1v) is 16.2. The molecule has 0 aliphatic heterocycles. The van der Waals surface area contributed by atoms with E-state index in [1.165, 1.54) is 24.7 Å². The Kier molecular flexibility index (Phi) is 10.7. The van der Waals surface area contributed by atoms with Gasteiger partial charge in [-0.05, 0) is 82.2 Å². The number of rotatable bonds is 11. The van der Waals surface area contributed by atoms with E-state index in [1.807, 2.05) is 68.4 Å². The van der Waals surface area contributed by atoms with Gasteiger partial charge in [0.15, 0.2) is 0 Å². The predicted octanol–water partition coefficient (Wildman–Crippen LogP) is 7.27. The van der Waals surface area contributed by atoms with Gasteiger partial charge in [0.2, 0.25) is 0 Å². The van der Waals surface area contributed by atoms with E-state index >= 15 is 0 Å². The second-order valence-corrected chi connectivity index (χ2v) is 12.3. The van der Waals surface area contributed by atoms with E-state index in [0.29, 0.717) is 36.2 Å². The number of furan rings is 1. The van der Waals surface area contributed by atoms with Crippen molar-refractivity contribution in [2.75, 3.05) is 23.9 Å². The molecular weight excluding hydrogens is 623 g/mol. The number of anilines is 2. The highest BCUT2D eigenvalue weighted by atomic mass is 79.9. The average molecular weight is 656 g/mol. The Morgan fingerprint density at radius 2 is 1.83 bits per heavy atom. The van der Waals surface area contributed by atoms with E-state index in [-0.39, 0.29) is 18.2 Å². The van der Waals surface area contributed by atoms with Crippen LogP contribution in [0.2, 0.25) is 0 Å². The van der Waals surface area contributed by atoms with Crippen molar-refractivity contribution in [3.05, 3.63) is 101 Å². The summed E-state index contributed by atoms with van der Waals surface area (Å²) in [6, 6.07) is 21.4. The van der Waals surface area contributed by atoms with Gasteiger partial charge in [0.25, 0.3) is 0 Å². The summed E-state index contributed by atoms with van der Waals surface area (Å²) in [5, 5.41) is 7.25. The Balaban J connectivity index is 0.00000198. The fourth-order valence-corrected chi connectivity index (χ4v) is 5.04. The summed E-state index contributed by atoms with van der Waals surface area (Å²) in [6.07, 6.45) is 2.72. The zero-order valence-corrected chi connectivity index (χ0v) is 25.9. The van der Waals surface area contributed by atoms with Crippen molar-refractivity contribution in [2.24, 2.45) is 0 Å². The molecule has 3 aromatic carbocycles. The van der Waals surface area contributed by atoms with Crippen LogP contribution in [-0.4, -0.2) is 36.9 Å². The van der Waals surface area contributed by atoms with Crippen molar-refractivity contribution in [1.29, 1.82) is 0 Å². The summed E-state index contributed by atoms with van der Waals surface area (Å²) in [6.45, 7) is 5.02. The lowest BCUT2D eigenvalue weighted by atomic mass is 10.1. The SMILES string of the molecule is CC.CS(=O)(=O)CCNCc1ccc(-c2ccc3ncnc(Nc4ccc(OCc5cccc(F)c5)c(Br)c4)c3c2)o1. The summed E-state index contributed by atoms with van der Waals surface area (Å²) in [5.74, 6) is 2.41. The minimum atomic E-state index is -3.01. The highest BCUT2D eigenvalue weighted by Crippen LogP contribution is 2.33. The average Bonchev–Trinajstić information content (AvgIpc) is 3.45. The van der Waals surface area contributed by atoms with Crippen molar-refractivity contribution in [3.8, 4) is 17.1 Å². The molecule has 0 bridgehead atoms. The first kappa shape index (κ1) is 31.1. The quantitative estimate of drug-likeness (QED) is 0.143. The highest BCUT2D eigenvalue weighted by Gasteiger charge is 2.11. The van der Waals surface area contributed by atoms with E-state index in [2.05, 4.69) is 36.5 Å². The Labute approximate surface area is 253 Å². The van der Waals surface area contributed by atoms with Crippen LogP contribution in [0, 0.1) is 5.82 Å². The first-order chi connectivity index (χ1) is 20.2. The van der Waals surface area contributed by atoms with Gasteiger partial charge in [0.1, 0.15) is 51.7 Å². The van der Waals surface area contributed by atoms with Crippen molar-refractivity contribution in [2.45, 2.75) is 27.0 Å². The van der Waals surface area contributed by atoms with Crippen LogP contribution in [0.5, 0.6) is 5.75 Å². The lowest BCUT2D eigenvalue weighted by molar-refractivity contribution is 0.303. The minimum Gasteiger partial charge on any atom is -0.488 e. The molecule has 2 N–H and O–H groups in total. The molecule has 5 aromatic rings. The van der Waals surface area contributed by atoms with Crippen LogP contribution >= 0.6 is 15.9 Å². The lowest BCUT2D eigenvalue weighted by Gasteiger charge is -2.12. The third-order valence-electron chi connectivity index (χ3n) is 6.01. The van der Waals surface area contributed by atoms with Gasteiger partial charge in [-0.2, -0.15) is 0 Å². The van der Waals surface area contributed by atoms with Crippen LogP contribution in [0.4, 0.5) is 15.9 Å². The molecule has 8 nitrogen and oxygen atoms in total. The van der Waals surface area contributed by atoms with E-state index < -0.39 is 9.84 Å². The molecule has 0 fully saturated rings. The van der Waals surface area contributed by atoms with Gasteiger partial charge in [-0.25, -0.2) is 22.8 Å². The summed E-state index contributed by atoms with van der Waals surface area (Å²) in [4.78, 5) is 8.84. The molecule has 220 valence electrons. The second kappa shape index (κ2) is 14.4. The number of aromatic nitrogens is 2. The maximum atomic E-state index is 13.4. The van der Waals surface area contributed by atoms with Gasteiger partial charge in [-0.1, -0.05) is 26.0 Å². The Morgan fingerprint density at radius 1 is 1.00 bits per heavy atom. The topological polar surface area (TPSA) is 106 Å². The molecule has 0 saturated heterocycles. The molecular formula is C31H32BrFN4O4S. The molecule has 0 aliphatic rings. The van der Waals surface area contributed by atoms with Gasteiger partial charge in [-0.15, -0.1) is 0 Å². The fourth-order valence-electron chi connectivity index (χ4n) is 4.03. The fraction of sp³-hybridized carbons (Fsp3) is 0.226. The molecule has 11 heteroatoms. The van der Waals surface area contributed by atoms with Crippen LogP contribution < -0.4 is 15.4 Å². The van der Waals surface area contributed by atoms with Crippen LogP contribution in [0.3, 0.4) is 0 Å². The third-order valence-corrected chi connectivity index (χ3v) is 7.57. The molecule has 0 radical (unpaired) electrons. The van der Waals surface area contributed by atoms with E-state index in [4.69, 9.17) is 9.15 Å². The molecule has 0 saturated carbocycles. The zero-order valence-electron chi connectivity index (χ0n) is 23.5. The molecule has 2 heterocycles. The number of halogens is 2. The van der Waals surface area contributed by atoms with E-state index in [9.17, 15) is 12.8 Å². The molecule has 0 spiro atoms. The van der Waals surface area contributed by atoms with E-state index in [0.717, 1.165) is 32.2 Å². The molecule has 42 heavy (non-hydrogen) atoms. The number of nitrogens with one attached hydrogen (secondary N) is 2. The molecule has 5 rings (SSSR count). The van der Waals surface area contributed by atoms with E-state index in [1.54, 1.807) is 6.07 Å². The van der Waals surface area contributed by atoms with Crippen molar-refractivity contribution < 1.29 is 22.0 Å². The number of benzene rings is 3. The van der Waals surface area contributed by atoms with Crippen molar-refractivity contribution in [3.63, 3.8) is 0 Å². The Hall–Kier alpha value is -3.80. The number of hydrogen-bond acceptors (Lipinski definition) is 8. The third kappa shape index (κ3) is 8.60. The number of fused-ring (bicyclic) bond motifs is 1. The largest absolute Gasteiger partial charge is 0.488 e. The normalized spacial score (nSPS) is 11.2. The summed E-state index contributed by atoms with van der Waals surface area (Å²) >= 11 is 3.56. The van der Waals surface area contributed by atoms with Gasteiger partial charge >= 0.3 is 0 Å². The molecule has 0 unspecified atom stereocenters. The van der Waals surface area contributed by atoms with Crippen LogP contribution in [0.1, 0.15) is 25.2 Å². The van der Waals surface area contributed by atoms with Crippen LogP contribution in [-0.2, 0) is 23.0 Å². The second-order valence-electron chi connectivity index (χ2n) is 9.22. The lowest BCUT2D eigenvalue weighted by Crippen LogP contribution is -2.21. The maximum absolute atomic E-state index is 13.4. The zero-order chi connectivity index (χ0) is 30.1. The molecule has 2 aromatic heterocycles. The smallest absolute Gasteiger partial charge is 0.148 e. The standard InChI is InChI=1S/C29H26BrFN4O4S.C2H6/c1-40(36,37)12-11-32-16-23-7-10-27(39-23)20-5-8-26-24(14-20)29(34-18-33-26)35-22-6-9-28(25(30)15-22)38-17-19-3-2-4-21(31)13-19;1-2/h2-10,13-15,18,32H,11-12,16-17H2,1H3,(H,33,34,35);1-2H3. The van der Waals surface area contributed by atoms with Crippen molar-refractivity contribution >= 4 is 48.2 Å². The Morgan fingerprint density at radius 3 is 2.60 bits per heavy atom. The highest BCUT2D eigenvalue weighted by molar-refractivity contribution is 9.10. The first-order valence-electron chi connectivity index (χ1n) is 13.4. The number of nitrogens with zero attached hydrogens (tertiary/aromatic N) is 2. The molecule has 0 aliphatic carbocycles. The molecule has 0 amide bonds. The van der Waals surface area contributed by atoms with Gasteiger partial charge in [-0.3, -0.25) is 0 Å². The van der Waals surface area contributed by atoms with Crippen LogP contribution in [0.15, 0.2) is 88.0 Å². The summed E-state index contributed by atoms with van der Waals surface area (Å²) in [5.41, 5.74) is 3.15. The van der Waals surface area contributed by atoms with Gasteiger partial charge in [0, 0.05) is 29.4 Å². The maximum Gasteiger partial charge on any atom is 0.148 e. The van der Waals surface area contributed by atoms with Crippen molar-refractivity contribution in [1.82, 2.24) is 15.3 Å². The Bertz CT molecular complexity index is 1760. The molecule has 0 atom stereocenters. The van der Waals surface area contributed by atoms with Gasteiger partial charge in [0.05, 0.1) is 22.3 Å². The minimum absolute atomic E-state index is 0.0717.